The van der Waals surface area contributed by atoms with E-state index in [0.717, 1.165) is 24.4 Å². The Morgan fingerprint density at radius 1 is 0.950 bits per heavy atom. The second kappa shape index (κ2) is 8.67. The largest absolute Gasteiger partial charge is 0.374 e. The zero-order valence-corrected chi connectivity index (χ0v) is 13.2. The Morgan fingerprint density at radius 2 is 1.55 bits per heavy atom. The summed E-state index contributed by atoms with van der Waals surface area (Å²) in [6, 6.07) is 0. The van der Waals surface area contributed by atoms with Gasteiger partial charge in [0.2, 0.25) is 0 Å². The maximum absolute atomic E-state index is 5.80. The molecule has 0 N–H and O–H groups in total. The molecule has 20 heavy (non-hydrogen) atoms. The molecule has 0 atom stereocenters. The average Bonchev–Trinajstić information content (AvgIpc) is 2.52. The van der Waals surface area contributed by atoms with Crippen molar-refractivity contribution in [1.29, 1.82) is 0 Å². The number of ether oxygens (including phenoxy) is 1. The first-order valence-corrected chi connectivity index (χ1v) is 8.67. The van der Waals surface area contributed by atoms with Crippen molar-refractivity contribution in [3.63, 3.8) is 0 Å². The Morgan fingerprint density at radius 3 is 2.10 bits per heavy atom. The molecule has 0 spiro atoms. The fourth-order valence-electron chi connectivity index (χ4n) is 4.15. The number of allylic oxidation sites excluding steroid dienone is 2. The molecule has 0 unspecified atom stereocenters. The number of rotatable bonds is 6. The van der Waals surface area contributed by atoms with E-state index in [1.165, 1.54) is 57.8 Å². The van der Waals surface area contributed by atoms with E-state index in [9.17, 15) is 0 Å². The van der Waals surface area contributed by atoms with E-state index in [1.807, 2.05) is 6.08 Å². The maximum atomic E-state index is 5.80. The van der Waals surface area contributed by atoms with Gasteiger partial charge in [0.25, 0.3) is 0 Å². The zero-order chi connectivity index (χ0) is 14.2. The van der Waals surface area contributed by atoms with E-state index >= 15 is 0 Å². The van der Waals surface area contributed by atoms with Gasteiger partial charge >= 0.3 is 0 Å². The molecule has 2 saturated carbocycles. The van der Waals surface area contributed by atoms with Gasteiger partial charge in [0.15, 0.2) is 0 Å². The van der Waals surface area contributed by atoms with E-state index in [-0.39, 0.29) is 0 Å². The molecule has 2 rings (SSSR count). The van der Waals surface area contributed by atoms with Crippen molar-refractivity contribution < 1.29 is 4.74 Å². The SMILES string of the molecule is C=CCOC1CCC(C2CCC(C/C=C/C)CC2)CC1. The monoisotopic (exact) mass is 276 g/mol. The summed E-state index contributed by atoms with van der Waals surface area (Å²) in [6.07, 6.45) is 19.5. The van der Waals surface area contributed by atoms with Crippen LogP contribution in [0.4, 0.5) is 0 Å². The zero-order valence-electron chi connectivity index (χ0n) is 13.2. The van der Waals surface area contributed by atoms with Crippen molar-refractivity contribution in [2.24, 2.45) is 17.8 Å². The van der Waals surface area contributed by atoms with Crippen LogP contribution in [0.25, 0.3) is 0 Å². The minimum atomic E-state index is 0.510. The molecule has 0 aliphatic heterocycles. The molecule has 2 aliphatic rings. The van der Waals surface area contributed by atoms with Crippen molar-refractivity contribution in [1.82, 2.24) is 0 Å². The summed E-state index contributed by atoms with van der Waals surface area (Å²) < 4.78 is 5.80. The molecule has 2 fully saturated rings. The van der Waals surface area contributed by atoms with E-state index < -0.39 is 0 Å². The van der Waals surface area contributed by atoms with Gasteiger partial charge in [0.1, 0.15) is 0 Å². The summed E-state index contributed by atoms with van der Waals surface area (Å²) in [7, 11) is 0. The smallest absolute Gasteiger partial charge is 0.0648 e. The molecule has 1 heteroatoms. The Bertz CT molecular complexity index is 291. The van der Waals surface area contributed by atoms with Gasteiger partial charge in [-0.05, 0) is 82.5 Å². The number of hydrogen-bond donors (Lipinski definition) is 0. The van der Waals surface area contributed by atoms with E-state index in [1.54, 1.807) is 0 Å². The molecule has 2 aliphatic carbocycles. The molecule has 0 aromatic carbocycles. The first kappa shape index (κ1) is 15.8. The molecule has 0 amide bonds. The maximum Gasteiger partial charge on any atom is 0.0648 e. The lowest BCUT2D eigenvalue weighted by atomic mass is 9.70. The highest BCUT2D eigenvalue weighted by Crippen LogP contribution is 2.41. The van der Waals surface area contributed by atoms with E-state index in [2.05, 4.69) is 25.7 Å². The van der Waals surface area contributed by atoms with Crippen LogP contribution in [0, 0.1) is 17.8 Å². The van der Waals surface area contributed by atoms with Crippen LogP contribution >= 0.6 is 0 Å². The van der Waals surface area contributed by atoms with E-state index in [0.29, 0.717) is 6.10 Å². The van der Waals surface area contributed by atoms with Crippen molar-refractivity contribution in [2.45, 2.75) is 70.8 Å². The van der Waals surface area contributed by atoms with Crippen LogP contribution in [0.2, 0.25) is 0 Å². The molecular formula is C19H32O. The summed E-state index contributed by atoms with van der Waals surface area (Å²) in [6.45, 7) is 6.60. The van der Waals surface area contributed by atoms with Gasteiger partial charge in [-0.15, -0.1) is 6.58 Å². The van der Waals surface area contributed by atoms with Crippen molar-refractivity contribution in [2.75, 3.05) is 6.61 Å². The average molecular weight is 276 g/mol. The van der Waals surface area contributed by atoms with Crippen LogP contribution < -0.4 is 0 Å². The minimum absolute atomic E-state index is 0.510. The predicted molar refractivity (Wildman–Crippen MR) is 86.8 cm³/mol. The van der Waals surface area contributed by atoms with Crippen molar-refractivity contribution in [3.8, 4) is 0 Å². The van der Waals surface area contributed by atoms with Gasteiger partial charge in [0, 0.05) is 0 Å². The standard InChI is InChI=1S/C19H32O/c1-3-5-6-16-7-9-17(10-8-16)18-11-13-19(14-12-18)20-15-4-2/h3-5,16-19H,2,6-15H2,1H3/b5-3+. The van der Waals surface area contributed by atoms with Gasteiger partial charge in [-0.2, -0.15) is 0 Å². The Labute approximate surface area is 125 Å². The normalized spacial score (nSPS) is 35.2. The van der Waals surface area contributed by atoms with Gasteiger partial charge in [-0.3, -0.25) is 0 Å². The molecule has 0 radical (unpaired) electrons. The molecule has 0 aromatic heterocycles. The number of hydrogen-bond acceptors (Lipinski definition) is 1. The van der Waals surface area contributed by atoms with Gasteiger partial charge in [0.05, 0.1) is 12.7 Å². The quantitative estimate of drug-likeness (QED) is 0.580. The third-order valence-corrected chi connectivity index (χ3v) is 5.43. The van der Waals surface area contributed by atoms with Crippen LogP contribution in [0.15, 0.2) is 24.8 Å². The molecule has 0 saturated heterocycles. The third-order valence-electron chi connectivity index (χ3n) is 5.43. The summed E-state index contributed by atoms with van der Waals surface area (Å²) >= 11 is 0. The molecule has 1 nitrogen and oxygen atoms in total. The molecule has 0 heterocycles. The molecule has 114 valence electrons. The lowest BCUT2D eigenvalue weighted by Crippen LogP contribution is -2.28. The van der Waals surface area contributed by atoms with Crippen LogP contribution in [0.1, 0.15) is 64.7 Å². The summed E-state index contributed by atoms with van der Waals surface area (Å²) in [5.74, 6) is 2.97. The highest BCUT2D eigenvalue weighted by atomic mass is 16.5. The van der Waals surface area contributed by atoms with Gasteiger partial charge in [-0.1, -0.05) is 18.2 Å². The highest BCUT2D eigenvalue weighted by molar-refractivity contribution is 4.86. The molecule has 0 aromatic rings. The Hall–Kier alpha value is -0.560. The van der Waals surface area contributed by atoms with E-state index in [4.69, 9.17) is 4.74 Å². The lowest BCUT2D eigenvalue weighted by Gasteiger charge is -2.37. The first-order valence-electron chi connectivity index (χ1n) is 8.67. The minimum Gasteiger partial charge on any atom is -0.374 e. The van der Waals surface area contributed by atoms with Crippen LogP contribution in [-0.2, 0) is 4.74 Å². The van der Waals surface area contributed by atoms with Crippen LogP contribution in [0.3, 0.4) is 0 Å². The fourth-order valence-corrected chi connectivity index (χ4v) is 4.15. The summed E-state index contributed by atoms with van der Waals surface area (Å²) in [4.78, 5) is 0. The topological polar surface area (TPSA) is 9.23 Å². The molecular weight excluding hydrogens is 244 g/mol. The second-order valence-electron chi connectivity index (χ2n) is 6.74. The Balaban J connectivity index is 1.66. The third kappa shape index (κ3) is 4.77. The fraction of sp³-hybridized carbons (Fsp3) is 0.789. The lowest BCUT2D eigenvalue weighted by molar-refractivity contribution is 0.0213. The first-order chi connectivity index (χ1) is 9.83. The summed E-state index contributed by atoms with van der Waals surface area (Å²) in [5, 5.41) is 0. The van der Waals surface area contributed by atoms with Crippen LogP contribution in [-0.4, -0.2) is 12.7 Å². The predicted octanol–water partition coefficient (Wildman–Crippen LogP) is 5.52. The van der Waals surface area contributed by atoms with Gasteiger partial charge in [-0.25, -0.2) is 0 Å². The van der Waals surface area contributed by atoms with Crippen LogP contribution in [0.5, 0.6) is 0 Å². The second-order valence-corrected chi connectivity index (χ2v) is 6.74. The summed E-state index contributed by atoms with van der Waals surface area (Å²) in [5.41, 5.74) is 0. The van der Waals surface area contributed by atoms with Crippen molar-refractivity contribution in [3.05, 3.63) is 24.8 Å². The van der Waals surface area contributed by atoms with Gasteiger partial charge < -0.3 is 4.74 Å². The Kier molecular flexibility index (Phi) is 6.86. The highest BCUT2D eigenvalue weighted by Gasteiger charge is 2.30. The molecule has 0 bridgehead atoms. The van der Waals surface area contributed by atoms with Crippen molar-refractivity contribution >= 4 is 0 Å².